The molecule has 0 spiro atoms. The Morgan fingerprint density at radius 2 is 1.57 bits per heavy atom. The number of hydrogen-bond donors (Lipinski definition) is 4. The molecule has 1 aromatic heterocycles. The number of hydrogen-bond acceptors (Lipinski definition) is 8. The van der Waals surface area contributed by atoms with Crippen molar-refractivity contribution in [3.05, 3.63) is 41.6 Å². The molecule has 9 nitrogen and oxygen atoms in total. The van der Waals surface area contributed by atoms with Gasteiger partial charge in [-0.15, -0.1) is 0 Å². The molecule has 0 aliphatic rings. The molecule has 0 unspecified atom stereocenters. The molecular formula is C17H16ClN5O4S3. The van der Waals surface area contributed by atoms with Crippen molar-refractivity contribution in [1.29, 1.82) is 0 Å². The van der Waals surface area contributed by atoms with E-state index in [2.05, 4.69) is 35.7 Å². The zero-order valence-corrected chi connectivity index (χ0v) is 18.9. The van der Waals surface area contributed by atoms with E-state index >= 15 is 0 Å². The molecule has 4 N–H and O–H groups in total. The zero-order chi connectivity index (χ0) is 22.1. The molecule has 0 saturated heterocycles. The maximum atomic E-state index is 11.4. The normalized spacial score (nSPS) is 9.83. The summed E-state index contributed by atoms with van der Waals surface area (Å²) in [7, 11) is 2.40. The number of amides is 2. The number of aromatic nitrogens is 1. The Kier molecular flexibility index (Phi) is 9.05. The molecule has 0 aliphatic heterocycles. The number of halogens is 1. The average molecular weight is 486 g/mol. The van der Waals surface area contributed by atoms with Gasteiger partial charge in [0.1, 0.15) is 5.69 Å². The highest BCUT2D eigenvalue weighted by molar-refractivity contribution is 7.99. The van der Waals surface area contributed by atoms with Gasteiger partial charge in [-0.05, 0) is 36.6 Å². The van der Waals surface area contributed by atoms with Crippen molar-refractivity contribution < 1.29 is 19.1 Å². The van der Waals surface area contributed by atoms with Gasteiger partial charge >= 0.3 is 12.2 Å². The lowest BCUT2D eigenvalue weighted by Crippen LogP contribution is -2.36. The van der Waals surface area contributed by atoms with Crippen LogP contribution >= 0.6 is 47.8 Å². The van der Waals surface area contributed by atoms with Crippen molar-refractivity contribution in [2.45, 2.75) is 9.79 Å². The fourth-order valence-corrected chi connectivity index (χ4v) is 3.45. The lowest BCUT2D eigenvalue weighted by atomic mass is 10.3. The number of benzene rings is 1. The number of nitrogens with one attached hydrogen (secondary N) is 4. The SMILES string of the molecule is COC(=O)NC(=S)Nc1ncc(Sc2ccccc2)c(Cl)c1NC(=S)NC(=O)OC. The minimum Gasteiger partial charge on any atom is -0.453 e. The molecule has 0 fully saturated rings. The molecule has 2 amide bonds. The first-order valence-electron chi connectivity index (χ1n) is 8.07. The van der Waals surface area contributed by atoms with Gasteiger partial charge in [0.25, 0.3) is 0 Å². The van der Waals surface area contributed by atoms with E-state index in [1.807, 2.05) is 30.3 Å². The van der Waals surface area contributed by atoms with E-state index in [1.54, 1.807) is 0 Å². The second kappa shape index (κ2) is 11.5. The van der Waals surface area contributed by atoms with Gasteiger partial charge in [0.15, 0.2) is 16.0 Å². The van der Waals surface area contributed by atoms with Crippen LogP contribution in [0.15, 0.2) is 46.3 Å². The van der Waals surface area contributed by atoms with Crippen molar-refractivity contribution in [2.24, 2.45) is 0 Å². The van der Waals surface area contributed by atoms with E-state index in [4.69, 9.17) is 36.0 Å². The second-order valence-corrected chi connectivity index (χ2v) is 7.53. The third-order valence-electron chi connectivity index (χ3n) is 3.23. The fraction of sp³-hybridized carbons (Fsp3) is 0.118. The third kappa shape index (κ3) is 6.99. The van der Waals surface area contributed by atoms with Crippen LogP contribution in [0.5, 0.6) is 0 Å². The highest BCUT2D eigenvalue weighted by Crippen LogP contribution is 2.39. The summed E-state index contributed by atoms with van der Waals surface area (Å²) in [6, 6.07) is 9.52. The van der Waals surface area contributed by atoms with E-state index in [9.17, 15) is 9.59 Å². The number of carbonyl (C=O) groups excluding carboxylic acids is 2. The minimum absolute atomic E-state index is 0.0798. The lowest BCUT2D eigenvalue weighted by molar-refractivity contribution is 0.176. The number of carbonyl (C=O) groups is 2. The monoisotopic (exact) mass is 485 g/mol. The summed E-state index contributed by atoms with van der Waals surface area (Å²) in [4.78, 5) is 28.6. The Morgan fingerprint density at radius 1 is 1.00 bits per heavy atom. The maximum absolute atomic E-state index is 11.4. The second-order valence-electron chi connectivity index (χ2n) is 5.22. The highest BCUT2D eigenvalue weighted by Gasteiger charge is 2.18. The number of nitrogens with zero attached hydrogens (tertiary/aromatic N) is 1. The highest BCUT2D eigenvalue weighted by atomic mass is 35.5. The smallest absolute Gasteiger partial charge is 0.413 e. The number of methoxy groups -OCH3 is 2. The maximum Gasteiger partial charge on any atom is 0.413 e. The molecule has 2 rings (SSSR count). The minimum atomic E-state index is -0.760. The molecule has 2 aromatic rings. The number of rotatable bonds is 4. The largest absolute Gasteiger partial charge is 0.453 e. The molecule has 0 radical (unpaired) electrons. The summed E-state index contributed by atoms with van der Waals surface area (Å²) in [6.45, 7) is 0. The molecule has 0 saturated carbocycles. The Morgan fingerprint density at radius 3 is 2.13 bits per heavy atom. The predicted molar refractivity (Wildman–Crippen MR) is 123 cm³/mol. The summed E-state index contributed by atoms with van der Waals surface area (Å²) in [6.07, 6.45) is 0.0152. The summed E-state index contributed by atoms with van der Waals surface area (Å²) in [5, 5.41) is 10.2. The van der Waals surface area contributed by atoms with Crippen LogP contribution in [-0.2, 0) is 9.47 Å². The summed E-state index contributed by atoms with van der Waals surface area (Å²) in [5.41, 5.74) is 0.230. The summed E-state index contributed by atoms with van der Waals surface area (Å²) in [5.74, 6) is 0.160. The van der Waals surface area contributed by atoms with E-state index in [0.717, 1.165) is 4.90 Å². The van der Waals surface area contributed by atoms with Gasteiger partial charge in [-0.2, -0.15) is 0 Å². The predicted octanol–water partition coefficient (Wildman–Crippen LogP) is 3.99. The van der Waals surface area contributed by atoms with Crippen molar-refractivity contribution in [1.82, 2.24) is 15.6 Å². The molecule has 158 valence electrons. The number of anilines is 2. The van der Waals surface area contributed by atoms with E-state index in [0.29, 0.717) is 4.90 Å². The van der Waals surface area contributed by atoms with Gasteiger partial charge in [-0.1, -0.05) is 41.6 Å². The zero-order valence-electron chi connectivity index (χ0n) is 15.6. The number of alkyl carbamates (subject to hydrolysis) is 2. The molecule has 30 heavy (non-hydrogen) atoms. The van der Waals surface area contributed by atoms with E-state index < -0.39 is 12.2 Å². The van der Waals surface area contributed by atoms with Crippen LogP contribution in [0.3, 0.4) is 0 Å². The molecular weight excluding hydrogens is 470 g/mol. The van der Waals surface area contributed by atoms with Gasteiger partial charge < -0.3 is 20.1 Å². The Labute approximate surface area is 192 Å². The van der Waals surface area contributed by atoms with Crippen LogP contribution in [0.1, 0.15) is 0 Å². The number of ether oxygens (including phenoxy) is 2. The fourth-order valence-electron chi connectivity index (χ4n) is 1.94. The average Bonchev–Trinajstić information content (AvgIpc) is 2.73. The quantitative estimate of drug-likeness (QED) is 0.474. The van der Waals surface area contributed by atoms with Crippen molar-refractivity contribution >= 4 is 81.7 Å². The molecule has 13 heteroatoms. The first-order chi connectivity index (χ1) is 14.3. The summed E-state index contributed by atoms with van der Waals surface area (Å²) < 4.78 is 9.01. The Balaban J connectivity index is 2.33. The third-order valence-corrected chi connectivity index (χ3v) is 5.18. The van der Waals surface area contributed by atoms with Crippen LogP contribution in [0, 0.1) is 0 Å². The van der Waals surface area contributed by atoms with Crippen LogP contribution in [0.2, 0.25) is 5.02 Å². The van der Waals surface area contributed by atoms with Gasteiger partial charge in [-0.3, -0.25) is 10.6 Å². The van der Waals surface area contributed by atoms with Crippen molar-refractivity contribution in [3.8, 4) is 0 Å². The molecule has 1 heterocycles. The van der Waals surface area contributed by atoms with Gasteiger partial charge in [-0.25, -0.2) is 14.6 Å². The van der Waals surface area contributed by atoms with Gasteiger partial charge in [0, 0.05) is 11.1 Å². The molecule has 0 atom stereocenters. The molecule has 0 bridgehead atoms. The topological polar surface area (TPSA) is 114 Å². The standard InChI is InChI=1S/C17H16ClN5O4S3/c1-26-16(24)22-14(28)20-12-11(18)10(30-9-6-4-3-5-7-9)8-19-13(12)21-15(29)23-17(25)27-2/h3-8H,1-2H3,(H2,20,22,24,28)(H2,19,21,23,25,29). The van der Waals surface area contributed by atoms with Crippen LogP contribution in [0.4, 0.5) is 21.1 Å². The number of pyridine rings is 1. The summed E-state index contributed by atoms with van der Waals surface area (Å²) >= 11 is 18.1. The number of thiocarbonyl (C=S) groups is 2. The Hall–Kier alpha value is -2.67. The van der Waals surface area contributed by atoms with Crippen LogP contribution in [0.25, 0.3) is 0 Å². The van der Waals surface area contributed by atoms with Gasteiger partial charge in [0.2, 0.25) is 0 Å². The Bertz CT molecular complexity index is 962. The molecule has 0 aliphatic carbocycles. The van der Waals surface area contributed by atoms with Crippen molar-refractivity contribution in [3.63, 3.8) is 0 Å². The first-order valence-corrected chi connectivity index (χ1v) is 10.1. The first kappa shape index (κ1) is 23.6. The van der Waals surface area contributed by atoms with Crippen molar-refractivity contribution in [2.75, 3.05) is 24.9 Å². The van der Waals surface area contributed by atoms with E-state index in [-0.39, 0.29) is 26.8 Å². The molecule has 1 aromatic carbocycles. The van der Waals surface area contributed by atoms with Gasteiger partial charge in [0.05, 0.1) is 24.1 Å². The van der Waals surface area contributed by atoms with Crippen LogP contribution < -0.4 is 21.3 Å². The lowest BCUT2D eigenvalue weighted by Gasteiger charge is -2.17. The van der Waals surface area contributed by atoms with E-state index in [1.165, 1.54) is 32.2 Å². The van der Waals surface area contributed by atoms with Crippen LogP contribution in [-0.4, -0.2) is 41.6 Å².